The van der Waals surface area contributed by atoms with Crippen LogP contribution in [0.3, 0.4) is 0 Å². The molecule has 110 valence electrons. The van der Waals surface area contributed by atoms with Crippen LogP contribution in [-0.2, 0) is 19.1 Å². The van der Waals surface area contributed by atoms with Crippen LogP contribution in [0.4, 0.5) is 0 Å². The van der Waals surface area contributed by atoms with E-state index >= 15 is 0 Å². The summed E-state index contributed by atoms with van der Waals surface area (Å²) in [5.41, 5.74) is -0.545. The van der Waals surface area contributed by atoms with E-state index in [1.807, 2.05) is 0 Å². The van der Waals surface area contributed by atoms with Crippen LogP contribution in [0.5, 0.6) is 0 Å². The molecule has 6 nitrogen and oxygen atoms in total. The third-order valence-corrected chi connectivity index (χ3v) is 3.43. The normalized spacial score (nSPS) is 23.7. The highest BCUT2D eigenvalue weighted by Gasteiger charge is 2.37. The molecule has 1 N–H and O–H groups in total. The Balaban J connectivity index is 2.57. The molecule has 6 heteroatoms. The van der Waals surface area contributed by atoms with Crippen LogP contribution in [0, 0.1) is 5.41 Å². The summed E-state index contributed by atoms with van der Waals surface area (Å²) in [6, 6.07) is 0. The van der Waals surface area contributed by atoms with E-state index in [0.717, 1.165) is 0 Å². The number of hydrogen-bond acceptors (Lipinski definition) is 4. The van der Waals surface area contributed by atoms with Gasteiger partial charge in [-0.05, 0) is 5.41 Å². The summed E-state index contributed by atoms with van der Waals surface area (Å²) in [4.78, 5) is 24.6. The summed E-state index contributed by atoms with van der Waals surface area (Å²) < 4.78 is 10.6. The molecule has 1 fully saturated rings. The van der Waals surface area contributed by atoms with Crippen LogP contribution < -0.4 is 0 Å². The molecule has 0 aromatic heterocycles. The van der Waals surface area contributed by atoms with Crippen LogP contribution in [0.2, 0.25) is 0 Å². The summed E-state index contributed by atoms with van der Waals surface area (Å²) in [5, 5.41) is 8.82. The highest BCUT2D eigenvalue weighted by Crippen LogP contribution is 2.27. The van der Waals surface area contributed by atoms with Crippen LogP contribution in [-0.4, -0.2) is 61.4 Å². The van der Waals surface area contributed by atoms with Crippen molar-refractivity contribution in [2.45, 2.75) is 38.9 Å². The topological polar surface area (TPSA) is 76.1 Å². The summed E-state index contributed by atoms with van der Waals surface area (Å²) in [6.45, 7) is 4.57. The quantitative estimate of drug-likeness (QED) is 0.773. The predicted octanol–water partition coefficient (Wildman–Crippen LogP) is 0.750. The molecule has 0 aromatic carbocycles. The van der Waals surface area contributed by atoms with E-state index in [1.165, 1.54) is 0 Å². The average molecular weight is 273 g/mol. The van der Waals surface area contributed by atoms with Gasteiger partial charge in [0.15, 0.2) is 0 Å². The van der Waals surface area contributed by atoms with Crippen molar-refractivity contribution in [2.75, 3.05) is 27.3 Å². The lowest BCUT2D eigenvalue weighted by Crippen LogP contribution is -2.34. The summed E-state index contributed by atoms with van der Waals surface area (Å²) in [6.07, 6.45) is -0.0340. The molecule has 0 spiro atoms. The van der Waals surface area contributed by atoms with Crippen LogP contribution in [0.1, 0.15) is 26.7 Å². The second-order valence-corrected chi connectivity index (χ2v) is 5.76. The van der Waals surface area contributed by atoms with E-state index in [4.69, 9.17) is 14.6 Å². The standard InChI is InChI=1S/C13H23NO5/c1-13(2,6-12(16)17)5-11(15)14-7-9(18-3)10(8-14)19-4/h9-10H,5-8H2,1-4H3,(H,16,17). The Morgan fingerprint density at radius 3 is 2.00 bits per heavy atom. The Morgan fingerprint density at radius 2 is 1.63 bits per heavy atom. The van der Waals surface area contributed by atoms with E-state index < -0.39 is 11.4 Å². The van der Waals surface area contributed by atoms with Crippen LogP contribution in [0.25, 0.3) is 0 Å². The number of carbonyl (C=O) groups excluding carboxylic acids is 1. The number of carboxylic acid groups (broad SMARTS) is 1. The molecular formula is C13H23NO5. The number of nitrogens with zero attached hydrogens (tertiary/aromatic N) is 1. The molecule has 0 aliphatic carbocycles. The number of methoxy groups -OCH3 is 2. The van der Waals surface area contributed by atoms with Crippen LogP contribution >= 0.6 is 0 Å². The van der Waals surface area contributed by atoms with Gasteiger partial charge in [-0.2, -0.15) is 0 Å². The first-order valence-corrected chi connectivity index (χ1v) is 6.34. The minimum absolute atomic E-state index is 0.0198. The van der Waals surface area contributed by atoms with Crippen molar-refractivity contribution in [1.82, 2.24) is 4.90 Å². The Hall–Kier alpha value is -1.14. The fraction of sp³-hybridized carbons (Fsp3) is 0.846. The lowest BCUT2D eigenvalue weighted by atomic mass is 9.85. The number of hydrogen-bond donors (Lipinski definition) is 1. The number of carboxylic acids is 1. The number of carbonyl (C=O) groups is 2. The van der Waals surface area contributed by atoms with Gasteiger partial charge in [0.25, 0.3) is 0 Å². The van der Waals surface area contributed by atoms with Gasteiger partial charge in [-0.3, -0.25) is 9.59 Å². The Bertz CT molecular complexity index is 330. The van der Waals surface area contributed by atoms with Gasteiger partial charge in [0.2, 0.25) is 5.91 Å². The summed E-state index contributed by atoms with van der Waals surface area (Å²) >= 11 is 0. The summed E-state index contributed by atoms with van der Waals surface area (Å²) in [7, 11) is 3.19. The molecule has 1 amide bonds. The molecule has 1 aliphatic heterocycles. The van der Waals surface area contributed by atoms with Crippen molar-refractivity contribution >= 4 is 11.9 Å². The maximum Gasteiger partial charge on any atom is 0.303 e. The largest absolute Gasteiger partial charge is 0.481 e. The highest BCUT2D eigenvalue weighted by atomic mass is 16.5. The zero-order chi connectivity index (χ0) is 14.6. The third-order valence-electron chi connectivity index (χ3n) is 3.43. The first-order chi connectivity index (χ1) is 8.79. The second-order valence-electron chi connectivity index (χ2n) is 5.76. The number of rotatable bonds is 6. The first kappa shape index (κ1) is 15.9. The van der Waals surface area contributed by atoms with Gasteiger partial charge in [-0.15, -0.1) is 0 Å². The number of aliphatic carboxylic acids is 1. The molecular weight excluding hydrogens is 250 g/mol. The Labute approximate surface area is 113 Å². The van der Waals surface area contributed by atoms with Gasteiger partial charge in [0.05, 0.1) is 6.42 Å². The first-order valence-electron chi connectivity index (χ1n) is 6.34. The molecule has 19 heavy (non-hydrogen) atoms. The van der Waals surface area contributed by atoms with E-state index in [2.05, 4.69) is 0 Å². The molecule has 0 radical (unpaired) electrons. The predicted molar refractivity (Wildman–Crippen MR) is 68.8 cm³/mol. The zero-order valence-corrected chi connectivity index (χ0v) is 12.0. The zero-order valence-electron chi connectivity index (χ0n) is 12.0. The molecule has 0 bridgehead atoms. The molecule has 2 unspecified atom stereocenters. The van der Waals surface area contributed by atoms with Crippen molar-refractivity contribution in [3.8, 4) is 0 Å². The maximum atomic E-state index is 12.2. The molecule has 0 saturated carbocycles. The van der Waals surface area contributed by atoms with Gasteiger partial charge in [0.1, 0.15) is 12.2 Å². The second kappa shape index (κ2) is 6.34. The van der Waals surface area contributed by atoms with E-state index in [9.17, 15) is 9.59 Å². The third kappa shape index (κ3) is 4.47. The fourth-order valence-corrected chi connectivity index (χ4v) is 2.39. The molecule has 1 heterocycles. The molecule has 2 atom stereocenters. The van der Waals surface area contributed by atoms with Gasteiger partial charge >= 0.3 is 5.97 Å². The minimum Gasteiger partial charge on any atom is -0.481 e. The molecule has 0 aromatic rings. The fourth-order valence-electron chi connectivity index (χ4n) is 2.39. The number of amides is 1. The van der Waals surface area contributed by atoms with Crippen molar-refractivity contribution in [2.24, 2.45) is 5.41 Å². The number of likely N-dealkylation sites (tertiary alicyclic amines) is 1. The number of ether oxygens (including phenoxy) is 2. The van der Waals surface area contributed by atoms with Crippen molar-refractivity contribution in [3.63, 3.8) is 0 Å². The van der Waals surface area contributed by atoms with Gasteiger partial charge in [-0.25, -0.2) is 0 Å². The molecule has 1 aliphatic rings. The van der Waals surface area contributed by atoms with Crippen LogP contribution in [0.15, 0.2) is 0 Å². The van der Waals surface area contributed by atoms with Crippen molar-refractivity contribution in [3.05, 3.63) is 0 Å². The van der Waals surface area contributed by atoms with Crippen molar-refractivity contribution < 1.29 is 24.2 Å². The molecule has 1 saturated heterocycles. The Morgan fingerprint density at radius 1 is 1.16 bits per heavy atom. The SMILES string of the molecule is COC1CN(C(=O)CC(C)(C)CC(=O)O)CC1OC. The monoisotopic (exact) mass is 273 g/mol. The summed E-state index contributed by atoms with van der Waals surface area (Å²) in [5.74, 6) is -0.934. The lowest BCUT2D eigenvalue weighted by Gasteiger charge is -2.25. The molecule has 1 rings (SSSR count). The highest BCUT2D eigenvalue weighted by molar-refractivity contribution is 5.78. The van der Waals surface area contributed by atoms with E-state index in [-0.39, 0.29) is 31.0 Å². The maximum absolute atomic E-state index is 12.2. The smallest absolute Gasteiger partial charge is 0.303 e. The van der Waals surface area contributed by atoms with Gasteiger partial charge in [0, 0.05) is 33.7 Å². The lowest BCUT2D eigenvalue weighted by molar-refractivity contribution is -0.140. The van der Waals surface area contributed by atoms with E-state index in [0.29, 0.717) is 13.1 Å². The average Bonchev–Trinajstić information content (AvgIpc) is 2.69. The van der Waals surface area contributed by atoms with Gasteiger partial charge < -0.3 is 19.5 Å². The van der Waals surface area contributed by atoms with Crippen molar-refractivity contribution in [1.29, 1.82) is 0 Å². The van der Waals surface area contributed by atoms with E-state index in [1.54, 1.807) is 33.0 Å². The Kier molecular flexibility index (Phi) is 5.31. The minimum atomic E-state index is -0.885. The van der Waals surface area contributed by atoms with Gasteiger partial charge in [-0.1, -0.05) is 13.8 Å².